The molecule has 0 aromatic carbocycles. The predicted octanol–water partition coefficient (Wildman–Crippen LogP) is 2.53. The maximum atomic E-state index is 10.6. The molecule has 0 spiro atoms. The van der Waals surface area contributed by atoms with Gasteiger partial charge in [-0.25, -0.2) is 4.98 Å². The smallest absolute Gasteiger partial charge is 0.270 e. The van der Waals surface area contributed by atoms with E-state index >= 15 is 0 Å². The van der Waals surface area contributed by atoms with Crippen LogP contribution >= 0.6 is 27.5 Å². The first-order chi connectivity index (χ1) is 5.09. The molecule has 2 nitrogen and oxygen atoms in total. The second-order valence-electron chi connectivity index (χ2n) is 2.09. The summed E-state index contributed by atoms with van der Waals surface area (Å²) in [5.41, 5.74) is 1.04. The van der Waals surface area contributed by atoms with Crippen LogP contribution in [0.25, 0.3) is 0 Å². The van der Waals surface area contributed by atoms with Gasteiger partial charge in [-0.2, -0.15) is 0 Å². The molecule has 0 bridgehead atoms. The monoisotopic (exact) mass is 233 g/mol. The minimum Gasteiger partial charge on any atom is -0.274 e. The van der Waals surface area contributed by atoms with Crippen molar-refractivity contribution in [2.45, 2.75) is 6.92 Å². The molecule has 1 aromatic heterocycles. The molecule has 1 heterocycles. The zero-order chi connectivity index (χ0) is 8.43. The average molecular weight is 234 g/mol. The Morgan fingerprint density at radius 1 is 1.64 bits per heavy atom. The molecule has 0 aliphatic rings. The predicted molar refractivity (Wildman–Crippen MR) is 46.9 cm³/mol. The molecule has 4 heteroatoms. The number of pyridine rings is 1. The van der Waals surface area contributed by atoms with Gasteiger partial charge in [0.1, 0.15) is 5.69 Å². The van der Waals surface area contributed by atoms with Gasteiger partial charge in [0.15, 0.2) is 0 Å². The zero-order valence-corrected chi connectivity index (χ0v) is 8.11. The van der Waals surface area contributed by atoms with E-state index in [1.165, 1.54) is 0 Å². The molecule has 0 atom stereocenters. The van der Waals surface area contributed by atoms with E-state index in [4.69, 9.17) is 11.6 Å². The van der Waals surface area contributed by atoms with E-state index in [1.807, 2.05) is 6.07 Å². The summed E-state index contributed by atoms with van der Waals surface area (Å²) >= 11 is 8.46. The van der Waals surface area contributed by atoms with Crippen molar-refractivity contribution < 1.29 is 4.79 Å². The maximum absolute atomic E-state index is 10.6. The molecule has 0 radical (unpaired) electrons. The Bertz CT molecular complexity index is 280. The fourth-order valence-electron chi connectivity index (χ4n) is 0.727. The number of hydrogen-bond donors (Lipinski definition) is 0. The van der Waals surface area contributed by atoms with Gasteiger partial charge in [0.25, 0.3) is 5.24 Å². The zero-order valence-electron chi connectivity index (χ0n) is 5.77. The molecule has 0 aliphatic heterocycles. The van der Waals surface area contributed by atoms with Crippen molar-refractivity contribution in [2.75, 3.05) is 0 Å². The van der Waals surface area contributed by atoms with Crippen LogP contribution in [0.4, 0.5) is 0 Å². The highest BCUT2D eigenvalue weighted by Gasteiger charge is 2.04. The first-order valence-electron chi connectivity index (χ1n) is 2.93. The molecule has 58 valence electrons. The Hall–Kier alpha value is -0.410. The van der Waals surface area contributed by atoms with Crippen molar-refractivity contribution in [3.05, 3.63) is 28.0 Å². The quantitative estimate of drug-likeness (QED) is 0.699. The lowest BCUT2D eigenvalue weighted by atomic mass is 10.3. The summed E-state index contributed by atoms with van der Waals surface area (Å²) in [6.07, 6.45) is 0. The summed E-state index contributed by atoms with van der Waals surface area (Å²) in [6.45, 7) is 1.80. The molecule has 1 rings (SSSR count). The molecule has 0 fully saturated rings. The Balaban J connectivity index is 3.19. The Kier molecular flexibility index (Phi) is 2.62. The fraction of sp³-hybridized carbons (Fsp3) is 0.143. The van der Waals surface area contributed by atoms with Gasteiger partial charge in [0.2, 0.25) is 0 Å². The van der Waals surface area contributed by atoms with Crippen molar-refractivity contribution in [1.29, 1.82) is 0 Å². The number of nitrogens with zero attached hydrogens (tertiary/aromatic N) is 1. The third-order valence-electron chi connectivity index (χ3n) is 1.12. The minimum atomic E-state index is -0.533. The second-order valence-corrected chi connectivity index (χ2v) is 3.34. The third-order valence-corrected chi connectivity index (χ3v) is 1.77. The van der Waals surface area contributed by atoms with Crippen LogP contribution < -0.4 is 0 Å². The van der Waals surface area contributed by atoms with Gasteiger partial charge in [-0.1, -0.05) is 15.9 Å². The van der Waals surface area contributed by atoms with Gasteiger partial charge in [-0.15, -0.1) is 0 Å². The normalized spacial score (nSPS) is 9.73. The van der Waals surface area contributed by atoms with Crippen molar-refractivity contribution in [3.63, 3.8) is 0 Å². The SMILES string of the molecule is Cc1cc(Br)cc(C(=O)Cl)n1. The summed E-state index contributed by atoms with van der Waals surface area (Å²) in [6, 6.07) is 3.39. The van der Waals surface area contributed by atoms with Crippen LogP contribution in [0.5, 0.6) is 0 Å². The number of aromatic nitrogens is 1. The van der Waals surface area contributed by atoms with Crippen LogP contribution in [0.2, 0.25) is 0 Å². The minimum absolute atomic E-state index is 0.276. The van der Waals surface area contributed by atoms with Gasteiger partial charge >= 0.3 is 0 Å². The van der Waals surface area contributed by atoms with E-state index in [-0.39, 0.29) is 5.69 Å². The molecule has 0 amide bonds. The molecule has 0 N–H and O–H groups in total. The summed E-state index contributed by atoms with van der Waals surface area (Å²) in [4.78, 5) is 14.6. The number of carbonyl (C=O) groups excluding carboxylic acids is 1. The van der Waals surface area contributed by atoms with Gasteiger partial charge in [-0.3, -0.25) is 4.79 Å². The largest absolute Gasteiger partial charge is 0.274 e. The lowest BCUT2D eigenvalue weighted by molar-refractivity contribution is 0.107. The van der Waals surface area contributed by atoms with Crippen LogP contribution in [0.1, 0.15) is 16.2 Å². The van der Waals surface area contributed by atoms with Crippen LogP contribution in [0.3, 0.4) is 0 Å². The van der Waals surface area contributed by atoms with E-state index in [9.17, 15) is 4.79 Å². The number of hydrogen-bond acceptors (Lipinski definition) is 2. The second kappa shape index (κ2) is 3.32. The van der Waals surface area contributed by atoms with Crippen LogP contribution in [-0.4, -0.2) is 10.2 Å². The summed E-state index contributed by atoms with van der Waals surface area (Å²) in [5, 5.41) is -0.533. The topological polar surface area (TPSA) is 30.0 Å². The lowest BCUT2D eigenvalue weighted by Crippen LogP contribution is -1.95. The first-order valence-corrected chi connectivity index (χ1v) is 4.10. The Morgan fingerprint density at radius 3 is 2.73 bits per heavy atom. The van der Waals surface area contributed by atoms with Gasteiger partial charge in [0.05, 0.1) is 0 Å². The molecule has 0 unspecified atom stereocenters. The maximum Gasteiger partial charge on any atom is 0.270 e. The van der Waals surface area contributed by atoms with Crippen LogP contribution in [0, 0.1) is 6.92 Å². The van der Waals surface area contributed by atoms with Gasteiger partial charge in [-0.05, 0) is 30.7 Å². The number of carbonyl (C=O) groups is 1. The molecule has 0 aliphatic carbocycles. The van der Waals surface area contributed by atoms with Gasteiger partial charge in [0, 0.05) is 10.2 Å². The van der Waals surface area contributed by atoms with E-state index in [1.54, 1.807) is 13.0 Å². The summed E-state index contributed by atoms with van der Waals surface area (Å²) in [5.74, 6) is 0. The van der Waals surface area contributed by atoms with Gasteiger partial charge < -0.3 is 0 Å². The van der Waals surface area contributed by atoms with Crippen molar-refractivity contribution in [3.8, 4) is 0 Å². The fourth-order valence-corrected chi connectivity index (χ4v) is 1.37. The van der Waals surface area contributed by atoms with Crippen LogP contribution in [-0.2, 0) is 0 Å². The highest BCUT2D eigenvalue weighted by molar-refractivity contribution is 9.10. The molecule has 11 heavy (non-hydrogen) atoms. The first kappa shape index (κ1) is 8.68. The third kappa shape index (κ3) is 2.27. The number of rotatable bonds is 1. The summed E-state index contributed by atoms with van der Waals surface area (Å²) < 4.78 is 0.814. The molecule has 0 saturated carbocycles. The van der Waals surface area contributed by atoms with Crippen molar-refractivity contribution in [1.82, 2.24) is 4.98 Å². The average Bonchev–Trinajstić information content (AvgIpc) is 1.85. The Labute approximate surface area is 77.7 Å². The highest BCUT2D eigenvalue weighted by atomic mass is 79.9. The lowest BCUT2D eigenvalue weighted by Gasteiger charge is -1.96. The Morgan fingerprint density at radius 2 is 2.27 bits per heavy atom. The van der Waals surface area contributed by atoms with E-state index in [0.717, 1.165) is 10.2 Å². The number of aryl methyl sites for hydroxylation is 1. The molecule has 0 saturated heterocycles. The van der Waals surface area contributed by atoms with E-state index < -0.39 is 5.24 Å². The molecule has 1 aromatic rings. The highest BCUT2D eigenvalue weighted by Crippen LogP contribution is 2.13. The molecular weight excluding hydrogens is 229 g/mol. The van der Waals surface area contributed by atoms with Crippen LogP contribution in [0.15, 0.2) is 16.6 Å². The number of halogens is 2. The molecular formula is C7H5BrClNO. The van der Waals surface area contributed by atoms with Crippen molar-refractivity contribution in [2.24, 2.45) is 0 Å². The van der Waals surface area contributed by atoms with E-state index in [2.05, 4.69) is 20.9 Å². The summed E-state index contributed by atoms with van der Waals surface area (Å²) in [7, 11) is 0. The standard InChI is InChI=1S/C7H5BrClNO/c1-4-2-5(8)3-6(10-4)7(9)11/h2-3H,1H3. The van der Waals surface area contributed by atoms with Crippen molar-refractivity contribution >= 4 is 32.8 Å². The van der Waals surface area contributed by atoms with E-state index in [0.29, 0.717) is 0 Å².